The van der Waals surface area contributed by atoms with E-state index in [0.29, 0.717) is 5.92 Å². The second-order valence-corrected chi connectivity index (χ2v) is 8.22. The van der Waals surface area contributed by atoms with Gasteiger partial charge in [0.05, 0.1) is 5.69 Å². The zero-order valence-corrected chi connectivity index (χ0v) is 21.5. The lowest BCUT2D eigenvalue weighted by Crippen LogP contribution is -2.46. The predicted molar refractivity (Wildman–Crippen MR) is 140 cm³/mol. The summed E-state index contributed by atoms with van der Waals surface area (Å²) in [7, 11) is 2.20. The van der Waals surface area contributed by atoms with Crippen molar-refractivity contribution in [3.8, 4) is 5.69 Å². The third-order valence-corrected chi connectivity index (χ3v) is 5.48. The largest absolute Gasteiger partial charge is 0.357 e. The number of rotatable bonds is 9. The highest BCUT2D eigenvalue weighted by Gasteiger charge is 2.15. The molecule has 1 saturated heterocycles. The molecule has 1 aliphatic rings. The summed E-state index contributed by atoms with van der Waals surface area (Å²) in [6, 6.07) is 10.5. The van der Waals surface area contributed by atoms with E-state index in [-0.39, 0.29) is 24.0 Å². The topological polar surface area (TPSA) is 60.7 Å². The molecule has 0 amide bonds. The molecular weight excluding hydrogens is 501 g/mol. The van der Waals surface area contributed by atoms with Crippen LogP contribution < -0.4 is 10.6 Å². The quantitative estimate of drug-likeness (QED) is 0.292. The van der Waals surface area contributed by atoms with Crippen LogP contribution in [0.3, 0.4) is 0 Å². The fourth-order valence-corrected chi connectivity index (χ4v) is 3.68. The van der Waals surface area contributed by atoms with Crippen LogP contribution in [0.4, 0.5) is 0 Å². The molecule has 0 spiro atoms. The van der Waals surface area contributed by atoms with Gasteiger partial charge in [0.2, 0.25) is 0 Å². The average molecular weight is 540 g/mol. The van der Waals surface area contributed by atoms with Crippen molar-refractivity contribution in [1.29, 1.82) is 0 Å². The van der Waals surface area contributed by atoms with Crippen molar-refractivity contribution in [2.24, 2.45) is 10.9 Å². The molecular formula is C23H38IN7. The van der Waals surface area contributed by atoms with E-state index in [9.17, 15) is 0 Å². The van der Waals surface area contributed by atoms with Gasteiger partial charge in [-0.15, -0.1) is 24.0 Å². The smallest absolute Gasteiger partial charge is 0.191 e. The normalized spacial score (nSPS) is 16.5. The van der Waals surface area contributed by atoms with Gasteiger partial charge in [0.25, 0.3) is 0 Å². The highest BCUT2D eigenvalue weighted by molar-refractivity contribution is 14.0. The van der Waals surface area contributed by atoms with Crippen molar-refractivity contribution in [2.45, 2.75) is 20.3 Å². The van der Waals surface area contributed by atoms with E-state index < -0.39 is 0 Å². The molecule has 0 aliphatic carbocycles. The van der Waals surface area contributed by atoms with Gasteiger partial charge in [-0.3, -0.25) is 4.99 Å². The van der Waals surface area contributed by atoms with Gasteiger partial charge >= 0.3 is 0 Å². The van der Waals surface area contributed by atoms with Gasteiger partial charge < -0.3 is 20.4 Å². The van der Waals surface area contributed by atoms with E-state index in [1.807, 2.05) is 16.9 Å². The summed E-state index contributed by atoms with van der Waals surface area (Å²) in [4.78, 5) is 9.78. The van der Waals surface area contributed by atoms with Gasteiger partial charge in [-0.25, -0.2) is 4.68 Å². The van der Waals surface area contributed by atoms with Crippen molar-refractivity contribution in [1.82, 2.24) is 30.2 Å². The Morgan fingerprint density at radius 1 is 1.13 bits per heavy atom. The van der Waals surface area contributed by atoms with E-state index in [0.717, 1.165) is 44.2 Å². The number of benzene rings is 1. The third-order valence-electron chi connectivity index (χ3n) is 5.48. The fraction of sp³-hybridized carbons (Fsp3) is 0.565. The molecule has 172 valence electrons. The Morgan fingerprint density at radius 3 is 2.52 bits per heavy atom. The highest BCUT2D eigenvalue weighted by atomic mass is 127. The number of hydrogen-bond acceptors (Lipinski definition) is 4. The van der Waals surface area contributed by atoms with Crippen LogP contribution in [0.5, 0.6) is 0 Å². The summed E-state index contributed by atoms with van der Waals surface area (Å²) in [5.41, 5.74) is 2.39. The number of halogens is 1. The zero-order chi connectivity index (χ0) is 21.2. The van der Waals surface area contributed by atoms with Crippen LogP contribution in [0.2, 0.25) is 0 Å². The van der Waals surface area contributed by atoms with Crippen LogP contribution in [-0.2, 0) is 6.42 Å². The highest BCUT2D eigenvalue weighted by Crippen LogP contribution is 2.09. The monoisotopic (exact) mass is 539 g/mol. The number of guanidine groups is 1. The average Bonchev–Trinajstić information content (AvgIpc) is 3.29. The Labute approximate surface area is 204 Å². The van der Waals surface area contributed by atoms with Gasteiger partial charge in [-0.2, -0.15) is 5.10 Å². The maximum Gasteiger partial charge on any atom is 0.191 e. The van der Waals surface area contributed by atoms with Crippen LogP contribution in [0.25, 0.3) is 5.69 Å². The maximum atomic E-state index is 4.82. The summed E-state index contributed by atoms with van der Waals surface area (Å²) >= 11 is 0. The molecule has 2 aromatic rings. The Hall–Kier alpha value is -1.65. The number of piperazine rings is 1. The number of hydrogen-bond donors (Lipinski definition) is 2. The van der Waals surface area contributed by atoms with Crippen molar-refractivity contribution < 1.29 is 0 Å². The molecule has 0 saturated carbocycles. The first-order valence-corrected chi connectivity index (χ1v) is 11.2. The minimum atomic E-state index is 0. The summed E-state index contributed by atoms with van der Waals surface area (Å²) in [6.45, 7) is 12.8. The predicted octanol–water partition coefficient (Wildman–Crippen LogP) is 2.47. The van der Waals surface area contributed by atoms with E-state index in [2.05, 4.69) is 70.7 Å². The number of nitrogens with zero attached hydrogens (tertiary/aromatic N) is 5. The second-order valence-electron chi connectivity index (χ2n) is 8.22. The van der Waals surface area contributed by atoms with Gasteiger partial charge in [0, 0.05) is 64.8 Å². The van der Waals surface area contributed by atoms with E-state index >= 15 is 0 Å². The molecule has 2 N–H and O–H groups in total. The molecule has 1 aromatic heterocycles. The number of aliphatic imine (C=N–C) groups is 1. The lowest BCUT2D eigenvalue weighted by Gasteiger charge is -2.33. The van der Waals surface area contributed by atoms with Crippen LogP contribution >= 0.6 is 24.0 Å². The minimum Gasteiger partial charge on any atom is -0.357 e. The molecule has 1 aromatic carbocycles. The van der Waals surface area contributed by atoms with Crippen molar-refractivity contribution in [3.63, 3.8) is 0 Å². The molecule has 1 fully saturated rings. The Balaban J connectivity index is 0.00000341. The zero-order valence-electron chi connectivity index (χ0n) is 19.1. The van der Waals surface area contributed by atoms with Crippen LogP contribution in [-0.4, -0.2) is 84.9 Å². The molecule has 1 aliphatic heterocycles. The van der Waals surface area contributed by atoms with Crippen LogP contribution in [0.15, 0.2) is 47.7 Å². The Bertz CT molecular complexity index is 753. The van der Waals surface area contributed by atoms with Crippen molar-refractivity contribution in [3.05, 3.63) is 48.3 Å². The van der Waals surface area contributed by atoms with Gasteiger partial charge in [-0.05, 0) is 50.1 Å². The first-order chi connectivity index (χ1) is 14.6. The molecule has 31 heavy (non-hydrogen) atoms. The summed E-state index contributed by atoms with van der Waals surface area (Å²) < 4.78 is 1.88. The third kappa shape index (κ3) is 8.78. The van der Waals surface area contributed by atoms with E-state index in [1.54, 1.807) is 6.20 Å². The molecule has 1 atom stereocenters. The lowest BCUT2D eigenvalue weighted by molar-refractivity contribution is 0.140. The second kappa shape index (κ2) is 13.7. The SMILES string of the molecule is CCNC(=NCC(C)CN1CCN(C)CC1)NCCc1ccc(-n2cccn2)cc1.I. The minimum absolute atomic E-state index is 0. The van der Waals surface area contributed by atoms with Crippen LogP contribution in [0, 0.1) is 5.92 Å². The summed E-state index contributed by atoms with van der Waals surface area (Å²) in [5, 5.41) is 11.1. The molecule has 0 bridgehead atoms. The number of nitrogens with one attached hydrogen (secondary N) is 2. The molecule has 8 heteroatoms. The number of likely N-dealkylation sites (N-methyl/N-ethyl adjacent to an activating group) is 1. The fourth-order valence-electron chi connectivity index (χ4n) is 3.68. The molecule has 7 nitrogen and oxygen atoms in total. The Morgan fingerprint density at radius 2 is 1.87 bits per heavy atom. The Kier molecular flexibility index (Phi) is 11.3. The lowest BCUT2D eigenvalue weighted by atomic mass is 10.1. The standard InChI is InChI=1S/C23H37N7.HI/c1-4-24-23(26-18-20(2)19-29-16-14-28(3)15-17-29)25-12-10-21-6-8-22(9-7-21)30-13-5-11-27-30;/h5-9,11,13,20H,4,10,12,14-19H2,1-3H3,(H2,24,25,26);1H. The van der Waals surface area contributed by atoms with Gasteiger partial charge in [0.15, 0.2) is 5.96 Å². The maximum absolute atomic E-state index is 4.82. The van der Waals surface area contributed by atoms with Gasteiger partial charge in [-0.1, -0.05) is 19.1 Å². The first-order valence-electron chi connectivity index (χ1n) is 11.2. The number of aromatic nitrogens is 2. The van der Waals surface area contributed by atoms with Crippen LogP contribution in [0.1, 0.15) is 19.4 Å². The summed E-state index contributed by atoms with van der Waals surface area (Å²) in [6.07, 6.45) is 4.71. The molecule has 2 heterocycles. The van der Waals surface area contributed by atoms with E-state index in [4.69, 9.17) is 4.99 Å². The van der Waals surface area contributed by atoms with Crippen molar-refractivity contribution >= 4 is 29.9 Å². The molecule has 1 unspecified atom stereocenters. The van der Waals surface area contributed by atoms with Crippen molar-refractivity contribution in [2.75, 3.05) is 59.4 Å². The first kappa shape index (κ1) is 25.6. The molecule has 0 radical (unpaired) electrons. The summed E-state index contributed by atoms with van der Waals surface area (Å²) in [5.74, 6) is 1.47. The molecule has 3 rings (SSSR count). The van der Waals surface area contributed by atoms with Gasteiger partial charge in [0.1, 0.15) is 0 Å². The van der Waals surface area contributed by atoms with E-state index in [1.165, 1.54) is 31.7 Å².